The van der Waals surface area contributed by atoms with Gasteiger partial charge in [-0.2, -0.15) is 9.97 Å². The highest BCUT2D eigenvalue weighted by atomic mass is 16.5. The maximum Gasteiger partial charge on any atom is 0.243 e. The Kier molecular flexibility index (Phi) is 11.7. The number of piperidine rings is 1. The van der Waals surface area contributed by atoms with Gasteiger partial charge < -0.3 is 43.5 Å². The van der Waals surface area contributed by atoms with Crippen molar-refractivity contribution in [3.8, 4) is 5.88 Å². The summed E-state index contributed by atoms with van der Waals surface area (Å²) < 4.78 is 26.7. The molecule has 2 aromatic rings. The maximum atomic E-state index is 11.1. The van der Waals surface area contributed by atoms with Gasteiger partial charge in [-0.25, -0.2) is 9.97 Å². The molecule has 208 valence electrons. The fourth-order valence-electron chi connectivity index (χ4n) is 4.20. The largest absolute Gasteiger partial charge is 0.492 e. The fraction of sp³-hybridized carbons (Fsp3) is 0.750. The number of rotatable bonds is 16. The molecule has 0 saturated carbocycles. The quantitative estimate of drug-likeness (QED) is 0.335. The topological polar surface area (TPSA) is 128 Å². The first-order chi connectivity index (χ1) is 18.1. The number of aromatic hydroxyl groups is 1. The smallest absolute Gasteiger partial charge is 0.243 e. The molecule has 1 N–H and O–H groups in total. The molecule has 3 heterocycles. The summed E-state index contributed by atoms with van der Waals surface area (Å²) in [5, 5.41) is 11.1. The number of fused-ring (bicyclic) bond motifs is 1. The molecule has 0 bridgehead atoms. The lowest BCUT2D eigenvalue weighted by molar-refractivity contribution is 0.0818. The molecule has 0 spiro atoms. The fourth-order valence-corrected chi connectivity index (χ4v) is 4.20. The minimum absolute atomic E-state index is 0.199. The van der Waals surface area contributed by atoms with E-state index in [0.717, 1.165) is 25.9 Å². The average molecular weight is 524 g/mol. The highest BCUT2D eigenvalue weighted by molar-refractivity contribution is 5.91. The van der Waals surface area contributed by atoms with Crippen LogP contribution in [0.2, 0.25) is 0 Å². The number of anilines is 3. The zero-order valence-electron chi connectivity index (χ0n) is 22.7. The zero-order chi connectivity index (χ0) is 26.6. The van der Waals surface area contributed by atoms with Crippen LogP contribution in [0.25, 0.3) is 11.0 Å². The summed E-state index contributed by atoms with van der Waals surface area (Å²) in [4.78, 5) is 25.0. The van der Waals surface area contributed by atoms with Gasteiger partial charge in [0.2, 0.25) is 17.8 Å². The molecular weight excluding hydrogens is 482 g/mol. The van der Waals surface area contributed by atoms with Gasteiger partial charge in [-0.15, -0.1) is 0 Å². The third-order valence-corrected chi connectivity index (χ3v) is 6.39. The minimum atomic E-state index is -0.199. The molecule has 13 heteroatoms. The van der Waals surface area contributed by atoms with Crippen LogP contribution < -0.4 is 14.7 Å². The van der Waals surface area contributed by atoms with Gasteiger partial charge in [-0.3, -0.25) is 0 Å². The lowest BCUT2D eigenvalue weighted by Crippen LogP contribution is -2.38. The summed E-state index contributed by atoms with van der Waals surface area (Å²) in [6.07, 6.45) is 1.94. The second-order valence-electron chi connectivity index (χ2n) is 8.76. The Balaban J connectivity index is 2.10. The molecule has 1 aliphatic rings. The number of ether oxygens (including phenoxy) is 5. The normalized spacial score (nSPS) is 14.5. The van der Waals surface area contributed by atoms with Crippen LogP contribution in [0.4, 0.5) is 17.7 Å². The molecule has 13 nitrogen and oxygen atoms in total. The van der Waals surface area contributed by atoms with E-state index in [-0.39, 0.29) is 12.0 Å². The van der Waals surface area contributed by atoms with Gasteiger partial charge in [0, 0.05) is 74.8 Å². The summed E-state index contributed by atoms with van der Waals surface area (Å²) in [5.41, 5.74) is 0.802. The van der Waals surface area contributed by atoms with Crippen LogP contribution >= 0.6 is 0 Å². The van der Waals surface area contributed by atoms with Gasteiger partial charge in [0.15, 0.2) is 11.3 Å². The zero-order valence-corrected chi connectivity index (χ0v) is 22.7. The number of methoxy groups -OCH3 is 5. The van der Waals surface area contributed by atoms with Gasteiger partial charge in [0.25, 0.3) is 0 Å². The van der Waals surface area contributed by atoms with Crippen LogP contribution in [0, 0.1) is 0 Å². The van der Waals surface area contributed by atoms with Gasteiger partial charge in [0.1, 0.15) is 5.52 Å². The van der Waals surface area contributed by atoms with Gasteiger partial charge in [-0.1, -0.05) is 0 Å². The molecule has 0 radical (unpaired) electrons. The van der Waals surface area contributed by atoms with Crippen LogP contribution in [0.5, 0.6) is 5.88 Å². The van der Waals surface area contributed by atoms with Gasteiger partial charge >= 0.3 is 0 Å². The number of aromatic nitrogens is 4. The molecule has 0 aliphatic carbocycles. The molecule has 0 aromatic carbocycles. The van der Waals surface area contributed by atoms with Crippen molar-refractivity contribution < 1.29 is 28.8 Å². The molecule has 1 aliphatic heterocycles. The van der Waals surface area contributed by atoms with Gasteiger partial charge in [-0.05, 0) is 12.8 Å². The highest BCUT2D eigenvalue weighted by Crippen LogP contribution is 2.33. The minimum Gasteiger partial charge on any atom is -0.492 e. The molecule has 0 amide bonds. The summed E-state index contributed by atoms with van der Waals surface area (Å²) in [6.45, 7) is 5.66. The van der Waals surface area contributed by atoms with Crippen LogP contribution in [0.3, 0.4) is 0 Å². The maximum absolute atomic E-state index is 11.1. The summed E-state index contributed by atoms with van der Waals surface area (Å²) in [5.74, 6) is 1.30. The van der Waals surface area contributed by atoms with Crippen molar-refractivity contribution in [1.82, 2.24) is 19.9 Å². The first kappa shape index (κ1) is 29.0. The molecule has 3 rings (SSSR count). The van der Waals surface area contributed by atoms with Crippen molar-refractivity contribution in [2.24, 2.45) is 0 Å². The Labute approximate surface area is 218 Å². The van der Waals surface area contributed by atoms with Crippen molar-refractivity contribution in [3.05, 3.63) is 0 Å². The molecule has 2 aromatic heterocycles. The monoisotopic (exact) mass is 523 g/mol. The standard InChI is InChI=1S/C24H41N7O6/c1-33-14-10-30(11-15-34-2)23-26-20-19(21(27-23)29-8-6-18(37-5)7-9-29)25-24(28-22(20)32)31(12-16-35-3)13-17-36-4/h18H,6-17H2,1-5H3,(H,25,28,32). The van der Waals surface area contributed by atoms with Crippen LogP contribution in [-0.4, -0.2) is 132 Å². The first-order valence-corrected chi connectivity index (χ1v) is 12.6. The average Bonchev–Trinajstić information content (AvgIpc) is 2.93. The Morgan fingerprint density at radius 2 is 1.16 bits per heavy atom. The van der Waals surface area contributed by atoms with Crippen LogP contribution in [-0.2, 0) is 23.7 Å². The third-order valence-electron chi connectivity index (χ3n) is 6.39. The van der Waals surface area contributed by atoms with Crippen molar-refractivity contribution in [2.45, 2.75) is 18.9 Å². The predicted molar refractivity (Wildman–Crippen MR) is 141 cm³/mol. The number of hydrogen-bond acceptors (Lipinski definition) is 13. The van der Waals surface area contributed by atoms with Crippen LogP contribution in [0.1, 0.15) is 12.8 Å². The van der Waals surface area contributed by atoms with E-state index in [2.05, 4.69) is 9.88 Å². The number of nitrogens with zero attached hydrogens (tertiary/aromatic N) is 7. The first-order valence-electron chi connectivity index (χ1n) is 12.6. The molecule has 1 fully saturated rings. The summed E-state index contributed by atoms with van der Waals surface area (Å²) in [6, 6.07) is 0. The predicted octanol–water partition coefficient (Wildman–Crippen LogP) is 0.939. The highest BCUT2D eigenvalue weighted by Gasteiger charge is 2.26. The van der Waals surface area contributed by atoms with E-state index < -0.39 is 0 Å². The molecule has 1 saturated heterocycles. The lowest BCUT2D eigenvalue weighted by Gasteiger charge is -2.33. The molecule has 37 heavy (non-hydrogen) atoms. The molecular formula is C24H41N7O6. The van der Waals surface area contributed by atoms with E-state index in [1.54, 1.807) is 35.5 Å². The summed E-state index contributed by atoms with van der Waals surface area (Å²) >= 11 is 0. The molecule has 0 unspecified atom stereocenters. The van der Waals surface area contributed by atoms with E-state index in [4.69, 9.17) is 38.6 Å². The second kappa shape index (κ2) is 15.0. The Morgan fingerprint density at radius 1 is 0.703 bits per heavy atom. The SMILES string of the molecule is COCCN(CCOC)c1nc(N2CCC(OC)CC2)c2nc(N(CCOC)CCOC)nc(O)c2n1. The number of hydrogen-bond donors (Lipinski definition) is 1. The van der Waals surface area contributed by atoms with E-state index in [9.17, 15) is 5.11 Å². The Morgan fingerprint density at radius 3 is 1.62 bits per heavy atom. The second-order valence-corrected chi connectivity index (χ2v) is 8.76. The van der Waals surface area contributed by atoms with E-state index in [1.807, 2.05) is 9.80 Å². The van der Waals surface area contributed by atoms with Crippen molar-refractivity contribution in [2.75, 3.05) is 116 Å². The summed E-state index contributed by atoms with van der Waals surface area (Å²) in [7, 11) is 8.34. The lowest BCUT2D eigenvalue weighted by atomic mass is 10.1. The molecule has 0 atom stereocenters. The third kappa shape index (κ3) is 7.71. The van der Waals surface area contributed by atoms with Crippen molar-refractivity contribution in [3.63, 3.8) is 0 Å². The van der Waals surface area contributed by atoms with Crippen molar-refractivity contribution in [1.29, 1.82) is 0 Å². The van der Waals surface area contributed by atoms with E-state index in [1.165, 1.54) is 0 Å². The Bertz CT molecular complexity index is 945. The van der Waals surface area contributed by atoms with E-state index >= 15 is 0 Å². The van der Waals surface area contributed by atoms with Crippen LogP contribution in [0.15, 0.2) is 0 Å². The Hall–Kier alpha value is -2.58. The van der Waals surface area contributed by atoms with Crippen molar-refractivity contribution >= 4 is 28.7 Å². The van der Waals surface area contributed by atoms with Gasteiger partial charge in [0.05, 0.1) is 32.5 Å². The van der Waals surface area contributed by atoms with E-state index in [0.29, 0.717) is 81.4 Å².